The third-order valence-electron chi connectivity index (χ3n) is 3.44. The first-order chi connectivity index (χ1) is 9.82. The molecule has 0 fully saturated rings. The number of benzene rings is 2. The normalized spacial score (nSPS) is 13.1. The van der Waals surface area contributed by atoms with Crippen LogP contribution in [0, 0.1) is 6.92 Å². The van der Waals surface area contributed by atoms with Crippen molar-refractivity contribution in [2.24, 2.45) is 0 Å². The van der Waals surface area contributed by atoms with Gasteiger partial charge in [-0.2, -0.15) is 0 Å². The lowest BCUT2D eigenvalue weighted by molar-refractivity contribution is 0.601. The summed E-state index contributed by atoms with van der Waals surface area (Å²) in [6.45, 7) is 1.95. The highest BCUT2D eigenvalue weighted by atomic mass is 35.5. The summed E-state index contributed by atoms with van der Waals surface area (Å²) in [5, 5.41) is 3.91. The van der Waals surface area contributed by atoms with Crippen molar-refractivity contribution in [3.8, 4) is 0 Å². The van der Waals surface area contributed by atoms with Crippen LogP contribution in [0.25, 0.3) is 0 Å². The maximum Gasteiger partial charge on any atom is 0.175 e. The van der Waals surface area contributed by atoms with Crippen LogP contribution in [-0.2, 0) is 9.84 Å². The first-order valence-corrected chi connectivity index (χ1v) is 8.83. The quantitative estimate of drug-likeness (QED) is 0.938. The van der Waals surface area contributed by atoms with Gasteiger partial charge in [0, 0.05) is 11.3 Å². The molecule has 1 unspecified atom stereocenters. The fraction of sp³-hybridized carbons (Fsp3) is 0.250. The van der Waals surface area contributed by atoms with Gasteiger partial charge in [-0.25, -0.2) is 8.42 Å². The molecular formula is C16H18ClNO2S. The van der Waals surface area contributed by atoms with Gasteiger partial charge in [-0.3, -0.25) is 0 Å². The van der Waals surface area contributed by atoms with Crippen molar-refractivity contribution >= 4 is 21.4 Å². The summed E-state index contributed by atoms with van der Waals surface area (Å²) in [4.78, 5) is 0.318. The fourth-order valence-corrected chi connectivity index (χ4v) is 3.10. The Morgan fingerprint density at radius 3 is 2.33 bits per heavy atom. The van der Waals surface area contributed by atoms with Gasteiger partial charge in [0.15, 0.2) is 9.84 Å². The number of halogens is 1. The molecule has 2 aromatic rings. The molecule has 2 rings (SSSR count). The molecule has 0 heterocycles. The van der Waals surface area contributed by atoms with Crippen LogP contribution in [0.4, 0.5) is 0 Å². The highest BCUT2D eigenvalue weighted by Crippen LogP contribution is 2.27. The van der Waals surface area contributed by atoms with Crippen LogP contribution >= 0.6 is 11.6 Å². The van der Waals surface area contributed by atoms with E-state index in [2.05, 4.69) is 5.32 Å². The average Bonchev–Trinajstić information content (AvgIpc) is 2.43. The maximum atomic E-state index is 11.7. The minimum Gasteiger partial charge on any atom is -0.309 e. The smallest absolute Gasteiger partial charge is 0.175 e. The third-order valence-corrected chi connectivity index (χ3v) is 4.95. The first-order valence-electron chi connectivity index (χ1n) is 6.56. The Morgan fingerprint density at radius 1 is 1.10 bits per heavy atom. The Bertz CT molecular complexity index is 757. The summed E-state index contributed by atoms with van der Waals surface area (Å²) >= 11 is 6.18. The van der Waals surface area contributed by atoms with E-state index in [0.717, 1.165) is 16.7 Å². The first kappa shape index (κ1) is 16.0. The molecular weight excluding hydrogens is 306 g/mol. The molecule has 5 heteroatoms. The van der Waals surface area contributed by atoms with Crippen molar-refractivity contribution in [3.05, 3.63) is 64.2 Å². The summed E-state index contributed by atoms with van der Waals surface area (Å²) in [6, 6.07) is 12.7. The van der Waals surface area contributed by atoms with Crippen molar-refractivity contribution in [3.63, 3.8) is 0 Å². The van der Waals surface area contributed by atoms with E-state index in [9.17, 15) is 8.42 Å². The molecule has 0 saturated carbocycles. The van der Waals surface area contributed by atoms with E-state index >= 15 is 0 Å². The Morgan fingerprint density at radius 2 is 1.76 bits per heavy atom. The van der Waals surface area contributed by atoms with Gasteiger partial charge in [0.25, 0.3) is 0 Å². The zero-order valence-corrected chi connectivity index (χ0v) is 13.8. The van der Waals surface area contributed by atoms with E-state index in [0.29, 0.717) is 9.92 Å². The lowest BCUT2D eigenvalue weighted by Gasteiger charge is -2.18. The van der Waals surface area contributed by atoms with Gasteiger partial charge in [-0.05, 0) is 48.9 Å². The van der Waals surface area contributed by atoms with Crippen molar-refractivity contribution in [1.29, 1.82) is 0 Å². The topological polar surface area (TPSA) is 46.2 Å². The summed E-state index contributed by atoms with van der Waals surface area (Å²) in [6.07, 6.45) is 1.21. The van der Waals surface area contributed by atoms with Gasteiger partial charge in [-0.15, -0.1) is 0 Å². The van der Waals surface area contributed by atoms with E-state index in [1.807, 2.05) is 38.2 Å². The van der Waals surface area contributed by atoms with Crippen LogP contribution in [-0.4, -0.2) is 21.7 Å². The van der Waals surface area contributed by atoms with Gasteiger partial charge < -0.3 is 5.32 Å². The summed E-state index contributed by atoms with van der Waals surface area (Å²) in [7, 11) is -1.38. The molecule has 1 N–H and O–H groups in total. The van der Waals surface area contributed by atoms with E-state index in [-0.39, 0.29) is 6.04 Å². The lowest BCUT2D eigenvalue weighted by Crippen LogP contribution is -2.18. The summed E-state index contributed by atoms with van der Waals surface area (Å²) < 4.78 is 23.4. The molecule has 0 aliphatic heterocycles. The summed E-state index contributed by atoms with van der Waals surface area (Å²) in [5.74, 6) is 0. The fourth-order valence-electron chi connectivity index (χ4n) is 2.24. The van der Waals surface area contributed by atoms with Crippen molar-refractivity contribution in [2.45, 2.75) is 17.9 Å². The highest BCUT2D eigenvalue weighted by molar-refractivity contribution is 7.90. The second-order valence-corrected chi connectivity index (χ2v) is 7.50. The molecule has 0 amide bonds. The predicted molar refractivity (Wildman–Crippen MR) is 86.6 cm³/mol. The molecule has 0 aliphatic rings. The van der Waals surface area contributed by atoms with Crippen LogP contribution in [0.1, 0.15) is 22.7 Å². The number of rotatable bonds is 4. The largest absolute Gasteiger partial charge is 0.309 e. The van der Waals surface area contributed by atoms with Crippen molar-refractivity contribution < 1.29 is 8.42 Å². The number of aryl methyl sites for hydroxylation is 1. The number of hydrogen-bond acceptors (Lipinski definition) is 3. The predicted octanol–water partition coefficient (Wildman–Crippen LogP) is 3.36. The lowest BCUT2D eigenvalue weighted by atomic mass is 9.98. The van der Waals surface area contributed by atoms with Crippen LogP contribution in [0.3, 0.4) is 0 Å². The standard InChI is InChI=1S/C16H18ClNO2S/c1-11-7-8-13(10-15(11)17)16(18-2)12-5-4-6-14(9-12)21(3,19)20/h4-10,16,18H,1-3H3. The minimum atomic E-state index is -3.22. The van der Waals surface area contributed by atoms with E-state index in [4.69, 9.17) is 11.6 Å². The number of nitrogens with one attached hydrogen (secondary N) is 1. The zero-order valence-electron chi connectivity index (χ0n) is 12.2. The Kier molecular flexibility index (Phi) is 4.71. The maximum absolute atomic E-state index is 11.7. The minimum absolute atomic E-state index is 0.107. The molecule has 0 radical (unpaired) electrons. The SMILES string of the molecule is CNC(c1cccc(S(C)(=O)=O)c1)c1ccc(C)c(Cl)c1. The summed E-state index contributed by atoms with van der Waals surface area (Å²) in [5.41, 5.74) is 2.90. The molecule has 0 spiro atoms. The monoisotopic (exact) mass is 323 g/mol. The molecule has 0 bridgehead atoms. The van der Waals surface area contributed by atoms with E-state index < -0.39 is 9.84 Å². The molecule has 3 nitrogen and oxygen atoms in total. The van der Waals surface area contributed by atoms with Crippen LogP contribution in [0.15, 0.2) is 47.4 Å². The van der Waals surface area contributed by atoms with Gasteiger partial charge in [0.1, 0.15) is 0 Å². The second kappa shape index (κ2) is 6.18. The average molecular weight is 324 g/mol. The molecule has 0 aliphatic carbocycles. The molecule has 1 atom stereocenters. The van der Waals surface area contributed by atoms with Crippen LogP contribution < -0.4 is 5.32 Å². The highest BCUT2D eigenvalue weighted by Gasteiger charge is 2.15. The number of sulfone groups is 1. The molecule has 0 aromatic heterocycles. The number of hydrogen-bond donors (Lipinski definition) is 1. The van der Waals surface area contributed by atoms with Crippen LogP contribution in [0.2, 0.25) is 5.02 Å². The van der Waals surface area contributed by atoms with Crippen molar-refractivity contribution in [2.75, 3.05) is 13.3 Å². The molecule has 2 aromatic carbocycles. The Hall–Kier alpha value is -1.36. The second-order valence-electron chi connectivity index (χ2n) is 5.07. The van der Waals surface area contributed by atoms with E-state index in [1.165, 1.54) is 6.26 Å². The Balaban J connectivity index is 2.49. The molecule has 0 saturated heterocycles. The van der Waals surface area contributed by atoms with Gasteiger partial charge in [0.05, 0.1) is 10.9 Å². The van der Waals surface area contributed by atoms with Gasteiger partial charge >= 0.3 is 0 Å². The third kappa shape index (κ3) is 3.64. The Labute approximate surface area is 130 Å². The molecule has 21 heavy (non-hydrogen) atoms. The van der Waals surface area contributed by atoms with Crippen LogP contribution in [0.5, 0.6) is 0 Å². The molecule has 112 valence electrons. The van der Waals surface area contributed by atoms with E-state index in [1.54, 1.807) is 18.2 Å². The zero-order chi connectivity index (χ0) is 15.6. The van der Waals surface area contributed by atoms with Crippen molar-refractivity contribution in [1.82, 2.24) is 5.32 Å². The van der Waals surface area contributed by atoms with Gasteiger partial charge in [-0.1, -0.05) is 35.9 Å². The van der Waals surface area contributed by atoms with Gasteiger partial charge in [0.2, 0.25) is 0 Å².